The largest absolute Gasteiger partial charge is 0.478 e. The van der Waals surface area contributed by atoms with Crippen molar-refractivity contribution in [2.24, 2.45) is 0 Å². The number of furan rings is 1. The molecule has 0 bridgehead atoms. The van der Waals surface area contributed by atoms with Crippen LogP contribution in [-0.4, -0.2) is 24.1 Å². The molecule has 0 unspecified atom stereocenters. The normalized spacial score (nSPS) is 10.5. The summed E-state index contributed by atoms with van der Waals surface area (Å²) >= 11 is 0. The molecule has 1 aromatic carbocycles. The number of carboxylic acids is 1. The van der Waals surface area contributed by atoms with Crippen molar-refractivity contribution in [3.63, 3.8) is 0 Å². The molecule has 0 aliphatic carbocycles. The Hall–Kier alpha value is -2.60. The monoisotopic (exact) mass is 317 g/mol. The average molecular weight is 317 g/mol. The maximum atomic E-state index is 12.1. The van der Waals surface area contributed by atoms with Crippen molar-refractivity contribution in [1.82, 2.24) is 5.32 Å². The molecule has 0 saturated carbocycles. The van der Waals surface area contributed by atoms with E-state index in [4.69, 9.17) is 14.3 Å². The number of hydrogen-bond donors (Lipinski definition) is 2. The van der Waals surface area contributed by atoms with E-state index in [1.807, 2.05) is 24.3 Å². The number of nitrogens with one attached hydrogen (secondary N) is 1. The number of aromatic carboxylic acids is 1. The van der Waals surface area contributed by atoms with Gasteiger partial charge in [0.1, 0.15) is 11.3 Å². The minimum Gasteiger partial charge on any atom is -0.478 e. The molecule has 1 heterocycles. The summed E-state index contributed by atoms with van der Waals surface area (Å²) in [6.45, 7) is 2.64. The first-order valence-electron chi connectivity index (χ1n) is 7.26. The highest BCUT2D eigenvalue weighted by Gasteiger charge is 2.19. The van der Waals surface area contributed by atoms with E-state index < -0.39 is 11.9 Å². The molecule has 6 heteroatoms. The second-order valence-corrected chi connectivity index (χ2v) is 5.04. The molecule has 1 aromatic heterocycles. The fourth-order valence-electron chi connectivity index (χ4n) is 2.17. The van der Waals surface area contributed by atoms with Gasteiger partial charge in [0, 0.05) is 26.1 Å². The Bertz CT molecular complexity index is 688. The molecule has 122 valence electrons. The molecule has 2 N–H and O–H groups in total. The Morgan fingerprint density at radius 1 is 1.22 bits per heavy atom. The number of carboxylic acid groups (broad SMARTS) is 1. The van der Waals surface area contributed by atoms with Gasteiger partial charge in [-0.05, 0) is 11.1 Å². The van der Waals surface area contributed by atoms with Crippen molar-refractivity contribution in [2.45, 2.75) is 26.5 Å². The van der Waals surface area contributed by atoms with Crippen molar-refractivity contribution in [3.8, 4) is 0 Å². The molecule has 2 aromatic rings. The number of hydrogen-bond acceptors (Lipinski definition) is 4. The van der Waals surface area contributed by atoms with Gasteiger partial charge in [-0.15, -0.1) is 0 Å². The zero-order chi connectivity index (χ0) is 16.8. The van der Waals surface area contributed by atoms with Crippen molar-refractivity contribution >= 4 is 11.9 Å². The van der Waals surface area contributed by atoms with Crippen LogP contribution < -0.4 is 5.32 Å². The van der Waals surface area contributed by atoms with Crippen LogP contribution in [-0.2, 0) is 24.3 Å². The van der Waals surface area contributed by atoms with Gasteiger partial charge in [0.15, 0.2) is 5.76 Å². The quantitative estimate of drug-likeness (QED) is 0.819. The predicted octanol–water partition coefficient (Wildman–Crippen LogP) is 2.62. The van der Waals surface area contributed by atoms with E-state index in [0.29, 0.717) is 25.3 Å². The van der Waals surface area contributed by atoms with Crippen LogP contribution in [0.15, 0.2) is 34.7 Å². The zero-order valence-electron chi connectivity index (χ0n) is 13.1. The Morgan fingerprint density at radius 3 is 2.39 bits per heavy atom. The predicted molar refractivity (Wildman–Crippen MR) is 83.4 cm³/mol. The second-order valence-electron chi connectivity index (χ2n) is 5.04. The summed E-state index contributed by atoms with van der Waals surface area (Å²) in [5.41, 5.74) is 2.01. The van der Waals surface area contributed by atoms with Gasteiger partial charge in [-0.3, -0.25) is 4.79 Å². The van der Waals surface area contributed by atoms with Crippen molar-refractivity contribution < 1.29 is 23.8 Å². The summed E-state index contributed by atoms with van der Waals surface area (Å²) in [6.07, 6.45) is 0.413. The van der Waals surface area contributed by atoms with Gasteiger partial charge in [-0.25, -0.2) is 4.79 Å². The third kappa shape index (κ3) is 4.20. The Labute approximate surface area is 134 Å². The van der Waals surface area contributed by atoms with Crippen LogP contribution in [0, 0.1) is 0 Å². The molecule has 0 aliphatic heterocycles. The van der Waals surface area contributed by atoms with Crippen LogP contribution in [0.1, 0.15) is 44.7 Å². The molecule has 6 nitrogen and oxygen atoms in total. The molecule has 23 heavy (non-hydrogen) atoms. The zero-order valence-corrected chi connectivity index (χ0v) is 13.1. The van der Waals surface area contributed by atoms with E-state index >= 15 is 0 Å². The molecule has 0 spiro atoms. The lowest BCUT2D eigenvalue weighted by molar-refractivity contribution is 0.0694. The summed E-state index contributed by atoms with van der Waals surface area (Å²) in [7, 11) is 1.63. The average Bonchev–Trinajstić information content (AvgIpc) is 2.99. The standard InChI is InChI=1S/C17H19NO5/c1-3-14-13(17(20)21)8-15(23-14)16(19)18-9-11-4-6-12(7-5-11)10-22-2/h4-8H,3,9-10H2,1-2H3,(H,18,19)(H,20,21). The van der Waals surface area contributed by atoms with E-state index in [1.165, 1.54) is 6.07 Å². The van der Waals surface area contributed by atoms with E-state index in [-0.39, 0.29) is 11.3 Å². The van der Waals surface area contributed by atoms with Crippen molar-refractivity contribution in [1.29, 1.82) is 0 Å². The van der Waals surface area contributed by atoms with E-state index in [9.17, 15) is 9.59 Å². The van der Waals surface area contributed by atoms with Gasteiger partial charge in [0.25, 0.3) is 5.91 Å². The summed E-state index contributed by atoms with van der Waals surface area (Å²) in [5.74, 6) is -1.23. The van der Waals surface area contributed by atoms with Gasteiger partial charge < -0.3 is 19.6 Å². The van der Waals surface area contributed by atoms with Crippen LogP contribution >= 0.6 is 0 Å². The topological polar surface area (TPSA) is 88.8 Å². The van der Waals surface area contributed by atoms with E-state index in [0.717, 1.165) is 11.1 Å². The smallest absolute Gasteiger partial charge is 0.339 e. The number of methoxy groups -OCH3 is 1. The van der Waals surface area contributed by atoms with Crippen LogP contribution in [0.4, 0.5) is 0 Å². The molecule has 1 amide bonds. The third-order valence-electron chi connectivity index (χ3n) is 3.37. The Balaban J connectivity index is 2.00. The fraction of sp³-hybridized carbons (Fsp3) is 0.294. The van der Waals surface area contributed by atoms with E-state index in [2.05, 4.69) is 5.32 Å². The Kier molecular flexibility index (Phi) is 5.54. The molecule has 0 aliphatic rings. The van der Waals surface area contributed by atoms with Crippen LogP contribution in [0.2, 0.25) is 0 Å². The van der Waals surface area contributed by atoms with Crippen LogP contribution in [0.5, 0.6) is 0 Å². The molecule has 0 radical (unpaired) electrons. The van der Waals surface area contributed by atoms with Gasteiger partial charge in [0.2, 0.25) is 0 Å². The highest BCUT2D eigenvalue weighted by molar-refractivity contribution is 5.96. The fourth-order valence-corrected chi connectivity index (χ4v) is 2.17. The lowest BCUT2D eigenvalue weighted by atomic mass is 10.1. The first kappa shape index (κ1) is 16.8. The SMILES string of the molecule is CCc1oc(C(=O)NCc2ccc(COC)cc2)cc1C(=O)O. The molecule has 2 rings (SSSR count). The van der Waals surface area contributed by atoms with Crippen molar-refractivity contribution in [3.05, 3.63) is 58.5 Å². The minimum absolute atomic E-state index is 0.00949. The maximum Gasteiger partial charge on any atom is 0.339 e. The number of benzene rings is 1. The van der Waals surface area contributed by atoms with Crippen LogP contribution in [0.25, 0.3) is 0 Å². The highest BCUT2D eigenvalue weighted by atomic mass is 16.5. The summed E-state index contributed by atoms with van der Waals surface area (Å²) < 4.78 is 10.4. The Morgan fingerprint density at radius 2 is 1.87 bits per heavy atom. The van der Waals surface area contributed by atoms with Gasteiger partial charge >= 0.3 is 5.97 Å². The summed E-state index contributed by atoms with van der Waals surface area (Å²) in [6, 6.07) is 8.91. The first-order chi connectivity index (χ1) is 11.0. The third-order valence-corrected chi connectivity index (χ3v) is 3.37. The molecular weight excluding hydrogens is 298 g/mol. The van der Waals surface area contributed by atoms with Gasteiger partial charge in [0.05, 0.1) is 6.61 Å². The molecule has 0 saturated heterocycles. The molecule has 0 atom stereocenters. The van der Waals surface area contributed by atoms with Gasteiger partial charge in [-0.2, -0.15) is 0 Å². The first-order valence-corrected chi connectivity index (χ1v) is 7.26. The number of aryl methyl sites for hydroxylation is 1. The number of amides is 1. The molecule has 0 fully saturated rings. The second kappa shape index (κ2) is 7.60. The highest BCUT2D eigenvalue weighted by Crippen LogP contribution is 2.16. The summed E-state index contributed by atoms with van der Waals surface area (Å²) in [5, 5.41) is 11.8. The lowest BCUT2D eigenvalue weighted by Crippen LogP contribution is -2.22. The lowest BCUT2D eigenvalue weighted by Gasteiger charge is -2.05. The number of carbonyl (C=O) groups excluding carboxylic acids is 1. The maximum absolute atomic E-state index is 12.1. The van der Waals surface area contributed by atoms with E-state index in [1.54, 1.807) is 14.0 Å². The number of rotatable bonds is 7. The number of ether oxygens (including phenoxy) is 1. The summed E-state index contributed by atoms with van der Waals surface area (Å²) in [4.78, 5) is 23.2. The molecular formula is C17H19NO5. The minimum atomic E-state index is -1.10. The van der Waals surface area contributed by atoms with Crippen molar-refractivity contribution in [2.75, 3.05) is 7.11 Å². The van der Waals surface area contributed by atoms with Crippen LogP contribution in [0.3, 0.4) is 0 Å². The van der Waals surface area contributed by atoms with Gasteiger partial charge in [-0.1, -0.05) is 31.2 Å². The number of carbonyl (C=O) groups is 2.